The molecule has 1 heterocycles. The number of benzene rings is 1. The Morgan fingerprint density at radius 1 is 1.42 bits per heavy atom. The Morgan fingerprint density at radius 2 is 2.11 bits per heavy atom. The first-order chi connectivity index (χ1) is 9.02. The van der Waals surface area contributed by atoms with Crippen LogP contribution in [0.4, 0.5) is 0 Å². The molecule has 0 radical (unpaired) electrons. The SMILES string of the molecule is CC(C)C(Br)C(=O)N1CCCC1c1ccccc1Cl. The van der Waals surface area contributed by atoms with Crippen LogP contribution in [0.1, 0.15) is 38.3 Å². The van der Waals surface area contributed by atoms with E-state index < -0.39 is 0 Å². The summed E-state index contributed by atoms with van der Waals surface area (Å²) in [5, 5.41) is 0.753. The molecule has 1 aromatic rings. The van der Waals surface area contributed by atoms with Gasteiger partial charge in [0, 0.05) is 11.6 Å². The van der Waals surface area contributed by atoms with Gasteiger partial charge in [0.1, 0.15) is 0 Å². The van der Waals surface area contributed by atoms with Gasteiger partial charge in [0.15, 0.2) is 0 Å². The molecule has 1 aliphatic rings. The summed E-state index contributed by atoms with van der Waals surface area (Å²) < 4.78 is 0. The van der Waals surface area contributed by atoms with Gasteiger partial charge >= 0.3 is 0 Å². The molecule has 0 N–H and O–H groups in total. The highest BCUT2D eigenvalue weighted by molar-refractivity contribution is 9.10. The van der Waals surface area contributed by atoms with Crippen LogP contribution < -0.4 is 0 Å². The predicted octanol–water partition coefficient (Wildman–Crippen LogP) is 4.42. The van der Waals surface area contributed by atoms with Crippen molar-refractivity contribution in [3.05, 3.63) is 34.9 Å². The van der Waals surface area contributed by atoms with Crippen molar-refractivity contribution in [2.75, 3.05) is 6.54 Å². The summed E-state index contributed by atoms with van der Waals surface area (Å²) in [6.45, 7) is 4.93. The molecule has 0 spiro atoms. The average Bonchev–Trinajstić information content (AvgIpc) is 2.86. The monoisotopic (exact) mass is 343 g/mol. The standard InChI is InChI=1S/C15H19BrClNO/c1-10(2)14(16)15(19)18-9-5-8-13(18)11-6-3-4-7-12(11)17/h3-4,6-7,10,13-14H,5,8-9H2,1-2H3. The minimum Gasteiger partial charge on any atom is -0.335 e. The van der Waals surface area contributed by atoms with Crippen LogP contribution in [0.3, 0.4) is 0 Å². The second-order valence-electron chi connectivity index (χ2n) is 5.36. The summed E-state index contributed by atoms with van der Waals surface area (Å²) in [5.74, 6) is 0.470. The Morgan fingerprint density at radius 3 is 2.74 bits per heavy atom. The van der Waals surface area contributed by atoms with Gasteiger partial charge in [-0.05, 0) is 30.4 Å². The first-order valence-corrected chi connectivity index (χ1v) is 8.00. The summed E-state index contributed by atoms with van der Waals surface area (Å²) in [6, 6.07) is 7.95. The zero-order valence-electron chi connectivity index (χ0n) is 11.3. The Kier molecular flexibility index (Phi) is 4.91. The van der Waals surface area contributed by atoms with E-state index in [1.807, 2.05) is 29.2 Å². The second kappa shape index (κ2) is 6.27. The van der Waals surface area contributed by atoms with E-state index in [1.165, 1.54) is 0 Å². The van der Waals surface area contributed by atoms with Gasteiger partial charge in [0.05, 0.1) is 10.9 Å². The molecular formula is C15H19BrClNO. The smallest absolute Gasteiger partial charge is 0.237 e. The highest BCUT2D eigenvalue weighted by Crippen LogP contribution is 2.37. The molecular weight excluding hydrogens is 326 g/mol. The maximum absolute atomic E-state index is 12.5. The van der Waals surface area contributed by atoms with Crippen molar-refractivity contribution in [3.63, 3.8) is 0 Å². The van der Waals surface area contributed by atoms with Gasteiger partial charge in [-0.1, -0.05) is 59.6 Å². The average molecular weight is 345 g/mol. The number of rotatable bonds is 3. The van der Waals surface area contributed by atoms with E-state index in [2.05, 4.69) is 29.8 Å². The van der Waals surface area contributed by atoms with Gasteiger partial charge in [-0.25, -0.2) is 0 Å². The quantitative estimate of drug-likeness (QED) is 0.743. The van der Waals surface area contributed by atoms with E-state index >= 15 is 0 Å². The van der Waals surface area contributed by atoms with Gasteiger partial charge in [-0.3, -0.25) is 4.79 Å². The number of halogens is 2. The molecule has 1 saturated heterocycles. The van der Waals surface area contributed by atoms with E-state index in [1.54, 1.807) is 0 Å². The number of amides is 1. The van der Waals surface area contributed by atoms with Crippen molar-refractivity contribution >= 4 is 33.4 Å². The maximum atomic E-state index is 12.5. The van der Waals surface area contributed by atoms with Crippen molar-refractivity contribution in [1.29, 1.82) is 0 Å². The molecule has 19 heavy (non-hydrogen) atoms. The molecule has 0 aliphatic carbocycles. The van der Waals surface area contributed by atoms with Crippen LogP contribution in [0.25, 0.3) is 0 Å². The second-order valence-corrected chi connectivity index (χ2v) is 6.75. The number of carbonyl (C=O) groups excluding carboxylic acids is 1. The highest BCUT2D eigenvalue weighted by Gasteiger charge is 2.34. The lowest BCUT2D eigenvalue weighted by Crippen LogP contribution is -2.38. The predicted molar refractivity (Wildman–Crippen MR) is 82.7 cm³/mol. The third-order valence-electron chi connectivity index (χ3n) is 3.62. The molecule has 104 valence electrons. The first kappa shape index (κ1) is 14.9. The largest absolute Gasteiger partial charge is 0.335 e. The number of nitrogens with zero attached hydrogens (tertiary/aromatic N) is 1. The van der Waals surface area contributed by atoms with Crippen molar-refractivity contribution < 1.29 is 4.79 Å². The number of hydrogen-bond donors (Lipinski definition) is 0. The van der Waals surface area contributed by atoms with Crippen LogP contribution in [0.2, 0.25) is 5.02 Å². The topological polar surface area (TPSA) is 20.3 Å². The lowest BCUT2D eigenvalue weighted by atomic mass is 10.0. The van der Waals surface area contributed by atoms with Crippen molar-refractivity contribution in [1.82, 2.24) is 4.90 Å². The fourth-order valence-corrected chi connectivity index (χ4v) is 3.07. The highest BCUT2D eigenvalue weighted by atomic mass is 79.9. The minimum atomic E-state index is -0.115. The van der Waals surface area contributed by atoms with Gasteiger partial charge < -0.3 is 4.90 Å². The molecule has 2 rings (SSSR count). The number of carbonyl (C=O) groups is 1. The van der Waals surface area contributed by atoms with E-state index in [0.717, 1.165) is 30.0 Å². The molecule has 2 unspecified atom stereocenters. The molecule has 2 nitrogen and oxygen atoms in total. The normalized spacial score (nSPS) is 20.9. The van der Waals surface area contributed by atoms with Crippen LogP contribution in [0.15, 0.2) is 24.3 Å². The maximum Gasteiger partial charge on any atom is 0.237 e. The first-order valence-electron chi connectivity index (χ1n) is 6.71. The van der Waals surface area contributed by atoms with E-state index in [-0.39, 0.29) is 16.8 Å². The number of likely N-dealkylation sites (tertiary alicyclic amines) is 1. The van der Waals surface area contributed by atoms with Gasteiger partial charge in [-0.15, -0.1) is 0 Å². The third kappa shape index (κ3) is 3.14. The Hall–Kier alpha value is -0.540. The van der Waals surface area contributed by atoms with Gasteiger partial charge in [-0.2, -0.15) is 0 Å². The molecule has 2 atom stereocenters. The van der Waals surface area contributed by atoms with Gasteiger partial charge in [0.2, 0.25) is 5.91 Å². The van der Waals surface area contributed by atoms with Crippen LogP contribution in [0.5, 0.6) is 0 Å². The Bertz CT molecular complexity index is 463. The lowest BCUT2D eigenvalue weighted by molar-refractivity contribution is -0.132. The molecule has 1 aromatic carbocycles. The van der Waals surface area contributed by atoms with E-state index in [0.29, 0.717) is 5.92 Å². The lowest BCUT2D eigenvalue weighted by Gasteiger charge is -2.29. The Balaban J connectivity index is 2.22. The van der Waals surface area contributed by atoms with Crippen molar-refractivity contribution in [2.45, 2.75) is 37.6 Å². The summed E-state index contributed by atoms with van der Waals surface area (Å²) in [4.78, 5) is 14.4. The molecule has 1 fully saturated rings. The molecule has 0 saturated carbocycles. The van der Waals surface area contributed by atoms with E-state index in [4.69, 9.17) is 11.6 Å². The molecule has 0 bridgehead atoms. The molecule has 0 aromatic heterocycles. The van der Waals surface area contributed by atoms with Crippen molar-refractivity contribution in [2.24, 2.45) is 5.92 Å². The van der Waals surface area contributed by atoms with E-state index in [9.17, 15) is 4.79 Å². The molecule has 4 heteroatoms. The zero-order chi connectivity index (χ0) is 14.0. The van der Waals surface area contributed by atoms with Crippen LogP contribution in [-0.4, -0.2) is 22.2 Å². The summed E-state index contributed by atoms with van der Waals surface area (Å²) in [7, 11) is 0. The Labute approximate surface area is 128 Å². The zero-order valence-corrected chi connectivity index (χ0v) is 13.6. The van der Waals surface area contributed by atoms with Gasteiger partial charge in [0.25, 0.3) is 0 Å². The summed E-state index contributed by atoms with van der Waals surface area (Å²) >= 11 is 9.78. The number of alkyl halides is 1. The van der Waals surface area contributed by atoms with Crippen LogP contribution >= 0.6 is 27.5 Å². The third-order valence-corrected chi connectivity index (χ3v) is 5.41. The summed E-state index contributed by atoms with van der Waals surface area (Å²) in [5.41, 5.74) is 1.07. The fourth-order valence-electron chi connectivity index (χ4n) is 2.54. The summed E-state index contributed by atoms with van der Waals surface area (Å²) in [6.07, 6.45) is 2.03. The fraction of sp³-hybridized carbons (Fsp3) is 0.533. The molecule has 1 aliphatic heterocycles. The van der Waals surface area contributed by atoms with Crippen LogP contribution in [0, 0.1) is 5.92 Å². The number of hydrogen-bond acceptors (Lipinski definition) is 1. The van der Waals surface area contributed by atoms with Crippen molar-refractivity contribution in [3.8, 4) is 0 Å². The molecule has 1 amide bonds. The van der Waals surface area contributed by atoms with Crippen LogP contribution in [-0.2, 0) is 4.79 Å². The minimum absolute atomic E-state index is 0.115.